The van der Waals surface area contributed by atoms with E-state index in [2.05, 4.69) is 90.2 Å². The van der Waals surface area contributed by atoms with Crippen LogP contribution < -0.4 is 0 Å². The van der Waals surface area contributed by atoms with Gasteiger partial charge in [-0.05, 0) is 41.8 Å². The second-order valence-corrected chi connectivity index (χ2v) is 18.2. The van der Waals surface area contributed by atoms with Gasteiger partial charge in [0.05, 0.1) is 0 Å². The molecule has 0 saturated heterocycles. The van der Waals surface area contributed by atoms with E-state index in [1.807, 2.05) is 0 Å². The van der Waals surface area contributed by atoms with Crippen molar-refractivity contribution in [3.8, 4) is 0 Å². The van der Waals surface area contributed by atoms with E-state index in [-0.39, 0.29) is 29.7 Å². The molecule has 0 aliphatic heterocycles. The molecular weight excluding hydrogens is 300 g/mol. The van der Waals surface area contributed by atoms with E-state index in [1.165, 1.54) is 0 Å². The Balaban J connectivity index is -0.0000000500. The summed E-state index contributed by atoms with van der Waals surface area (Å²) >= 11 is 0. The van der Waals surface area contributed by atoms with Gasteiger partial charge in [0.1, 0.15) is 16.5 Å². The van der Waals surface area contributed by atoms with E-state index in [4.69, 9.17) is 0 Å². The van der Waals surface area contributed by atoms with Crippen LogP contribution in [0.15, 0.2) is 0 Å². The minimum absolute atomic E-state index is 0. The van der Waals surface area contributed by atoms with Crippen molar-refractivity contribution in [1.82, 2.24) is 9.13 Å². The van der Waals surface area contributed by atoms with Gasteiger partial charge < -0.3 is 9.13 Å². The third-order valence-corrected chi connectivity index (χ3v) is 11.7. The number of nitrogens with zero attached hydrogens (tertiary/aromatic N) is 2. The molecule has 0 aromatic carbocycles. The molecule has 0 aromatic rings. The van der Waals surface area contributed by atoms with Crippen molar-refractivity contribution < 1.29 is 0 Å². The van der Waals surface area contributed by atoms with E-state index >= 15 is 0 Å². The number of rotatable bonds is 4. The minimum Gasteiger partial charge on any atom is -0.349 e. The van der Waals surface area contributed by atoms with Crippen LogP contribution in [-0.4, -0.2) is 51.8 Å². The third kappa shape index (κ3) is 18.4. The molecule has 0 amide bonds. The van der Waals surface area contributed by atoms with Gasteiger partial charge in [0, 0.05) is 12.1 Å². The highest BCUT2D eigenvalue weighted by atomic mass is 28.4. The van der Waals surface area contributed by atoms with Crippen LogP contribution in [0.4, 0.5) is 0 Å². The summed E-state index contributed by atoms with van der Waals surface area (Å²) in [5, 5.41) is 0. The lowest BCUT2D eigenvalue weighted by molar-refractivity contribution is 0.222. The second-order valence-electron chi connectivity index (χ2n) is 7.75. The second kappa shape index (κ2) is 14.9. The molecule has 22 heavy (non-hydrogen) atoms. The van der Waals surface area contributed by atoms with Gasteiger partial charge in [0.15, 0.2) is 0 Å². The summed E-state index contributed by atoms with van der Waals surface area (Å²) in [5.41, 5.74) is 0. The van der Waals surface area contributed by atoms with Crippen LogP contribution in [0.3, 0.4) is 0 Å². The molecule has 0 atom stereocenters. The lowest BCUT2D eigenvalue weighted by atomic mass is 10.3. The van der Waals surface area contributed by atoms with E-state index in [0.717, 1.165) is 0 Å². The fourth-order valence-electron chi connectivity index (χ4n) is 1.60. The molecular formula is C18H54N2Si2. The Hall–Kier alpha value is 0.354. The summed E-state index contributed by atoms with van der Waals surface area (Å²) in [7, 11) is 2.44. The average Bonchev–Trinajstić information content (AvgIpc) is 2.13. The molecule has 0 N–H and O–H groups in total. The highest BCUT2D eigenvalue weighted by Gasteiger charge is 2.30. The smallest absolute Gasteiger partial charge is 0.112 e. The Morgan fingerprint density at radius 1 is 0.545 bits per heavy atom. The summed E-state index contributed by atoms with van der Waals surface area (Å²) in [6, 6.07) is 1.35. The highest BCUT2D eigenvalue weighted by molar-refractivity contribution is 6.89. The normalized spacial score (nSPS) is 10.9. The first kappa shape index (κ1) is 38.1. The average molecular weight is 355 g/mol. The molecule has 0 fully saturated rings. The van der Waals surface area contributed by atoms with Crippen molar-refractivity contribution in [3.63, 3.8) is 0 Å². The Labute approximate surface area is 148 Å². The molecule has 0 radical (unpaired) electrons. The zero-order valence-corrected chi connectivity index (χ0v) is 17.0. The first-order chi connectivity index (χ1) is 7.71. The Morgan fingerprint density at radius 2 is 0.727 bits per heavy atom. The maximum absolute atomic E-state index is 2.65. The summed E-state index contributed by atoms with van der Waals surface area (Å²) in [6.07, 6.45) is 0. The van der Waals surface area contributed by atoms with Crippen LogP contribution in [0.25, 0.3) is 0 Å². The molecule has 0 saturated carbocycles. The van der Waals surface area contributed by atoms with Gasteiger partial charge in [-0.3, -0.25) is 0 Å². The molecule has 2 nitrogen and oxygen atoms in total. The van der Waals surface area contributed by atoms with Gasteiger partial charge in [-0.2, -0.15) is 0 Å². The zero-order valence-electron chi connectivity index (χ0n) is 15.0. The molecule has 0 aliphatic rings. The number of hydrogen-bond donors (Lipinski definition) is 0. The maximum atomic E-state index is 2.65. The van der Waals surface area contributed by atoms with Gasteiger partial charge in [-0.25, -0.2) is 0 Å². The summed E-state index contributed by atoms with van der Waals surface area (Å²) in [6.45, 7) is 23.3. The molecule has 0 unspecified atom stereocenters. The standard InChI is InChI=1S/C7H21NSi2.C7H17N.4CH4/c1-8(9(2,3)4)10(5,6)7;1-6(2)8(5)7(3)4;;;;/h1-7H3;6-7H,1-5H3;4*1H4. The number of hydrogen-bond acceptors (Lipinski definition) is 2. The van der Waals surface area contributed by atoms with Crippen LogP contribution >= 0.6 is 0 Å². The van der Waals surface area contributed by atoms with Gasteiger partial charge in [0.25, 0.3) is 0 Å². The quantitative estimate of drug-likeness (QED) is 0.508. The third-order valence-electron chi connectivity index (χ3n) is 3.64. The van der Waals surface area contributed by atoms with E-state index < -0.39 is 16.5 Å². The fourth-order valence-corrected chi connectivity index (χ4v) is 9.65. The van der Waals surface area contributed by atoms with Crippen LogP contribution in [-0.2, 0) is 0 Å². The molecule has 0 heterocycles. The van der Waals surface area contributed by atoms with Crippen molar-refractivity contribution in [2.75, 3.05) is 14.1 Å². The molecule has 4 heteroatoms. The molecule has 0 bridgehead atoms. The van der Waals surface area contributed by atoms with Crippen molar-refractivity contribution in [2.24, 2.45) is 0 Å². The molecule has 0 aliphatic carbocycles. The van der Waals surface area contributed by atoms with Gasteiger partial charge in [-0.15, -0.1) is 0 Å². The highest BCUT2D eigenvalue weighted by Crippen LogP contribution is 2.16. The molecule has 0 aromatic heterocycles. The van der Waals surface area contributed by atoms with Gasteiger partial charge >= 0.3 is 0 Å². The topological polar surface area (TPSA) is 6.48 Å². The van der Waals surface area contributed by atoms with E-state index in [0.29, 0.717) is 12.1 Å². The van der Waals surface area contributed by atoms with E-state index in [1.54, 1.807) is 0 Å². The summed E-state index contributed by atoms with van der Waals surface area (Å²) in [5.74, 6) is 0. The summed E-state index contributed by atoms with van der Waals surface area (Å²) < 4.78 is 2.65. The minimum atomic E-state index is -1.00. The fraction of sp³-hybridized carbons (Fsp3) is 1.00. The predicted molar refractivity (Wildman–Crippen MR) is 119 cm³/mol. The van der Waals surface area contributed by atoms with Crippen LogP contribution in [0.2, 0.25) is 39.3 Å². The molecule has 144 valence electrons. The van der Waals surface area contributed by atoms with Crippen molar-refractivity contribution >= 4 is 16.5 Å². The van der Waals surface area contributed by atoms with Gasteiger partial charge in [0.2, 0.25) is 0 Å². The van der Waals surface area contributed by atoms with Crippen molar-refractivity contribution in [2.45, 2.75) is 109 Å². The van der Waals surface area contributed by atoms with Crippen molar-refractivity contribution in [1.29, 1.82) is 0 Å². The molecule has 0 spiro atoms. The Bertz CT molecular complexity index is 194. The lowest BCUT2D eigenvalue weighted by Crippen LogP contribution is -2.56. The van der Waals surface area contributed by atoms with Crippen LogP contribution in [0.1, 0.15) is 57.4 Å². The largest absolute Gasteiger partial charge is 0.349 e. The van der Waals surface area contributed by atoms with Gasteiger partial charge in [-0.1, -0.05) is 69.0 Å². The Kier molecular flexibility index (Phi) is 25.8. The first-order valence-corrected chi connectivity index (χ1v) is 14.1. The first-order valence-electron chi connectivity index (χ1n) is 7.17. The predicted octanol–water partition coefficient (Wildman–Crippen LogP) is 6.87. The SMILES string of the molecule is C.C.C.C.CC(C)N(C)C(C)C.CN([Si](C)(C)C)[Si](C)(C)C. The van der Waals surface area contributed by atoms with Crippen LogP contribution in [0, 0.1) is 0 Å². The maximum Gasteiger partial charge on any atom is 0.112 e. The summed E-state index contributed by atoms with van der Waals surface area (Å²) in [4.78, 5) is 2.33. The molecule has 0 rings (SSSR count). The Morgan fingerprint density at radius 3 is 0.727 bits per heavy atom. The van der Waals surface area contributed by atoms with Crippen molar-refractivity contribution in [3.05, 3.63) is 0 Å². The van der Waals surface area contributed by atoms with Crippen LogP contribution in [0.5, 0.6) is 0 Å². The lowest BCUT2D eigenvalue weighted by Gasteiger charge is -2.40. The monoisotopic (exact) mass is 354 g/mol. The van der Waals surface area contributed by atoms with E-state index in [9.17, 15) is 0 Å². The zero-order chi connectivity index (χ0) is 15.3.